The number of para-hydroxylation sites is 2. The fourth-order valence-corrected chi connectivity index (χ4v) is 4.43. The quantitative estimate of drug-likeness (QED) is 0.618. The lowest BCUT2D eigenvalue weighted by Gasteiger charge is -2.43. The molecule has 3 aromatic rings. The summed E-state index contributed by atoms with van der Waals surface area (Å²) in [7, 11) is 2.15. The molecular weight excluding hydrogens is 335 g/mol. The Balaban J connectivity index is 1.65. The fraction of sp³-hybridized carbons (Fsp3) is 0.286. The number of pyridine rings is 1. The van der Waals surface area contributed by atoms with E-state index in [1.807, 2.05) is 13.0 Å². The van der Waals surface area contributed by atoms with Gasteiger partial charge >= 0.3 is 6.85 Å². The Kier molecular flexibility index (Phi) is 3.35. The molecule has 0 unspecified atom stereocenters. The van der Waals surface area contributed by atoms with E-state index in [1.165, 1.54) is 17.1 Å². The van der Waals surface area contributed by atoms with Crippen LogP contribution >= 0.6 is 0 Å². The van der Waals surface area contributed by atoms with Crippen LogP contribution in [0.2, 0.25) is 6.82 Å². The van der Waals surface area contributed by atoms with E-state index in [1.54, 1.807) is 0 Å². The highest BCUT2D eigenvalue weighted by molar-refractivity contribution is 6.70. The molecule has 0 N–H and O–H groups in total. The normalized spacial score (nSPS) is 18.9. The first-order chi connectivity index (χ1) is 13.0. The van der Waals surface area contributed by atoms with Crippen LogP contribution in [0.4, 0.5) is 11.4 Å². The van der Waals surface area contributed by atoms with Gasteiger partial charge < -0.3 is 14.2 Å². The number of fused-ring (bicyclic) bond motifs is 4. The third kappa shape index (κ3) is 2.16. The summed E-state index contributed by atoms with van der Waals surface area (Å²) in [6.45, 7) is 8.70. The summed E-state index contributed by atoms with van der Waals surface area (Å²) in [6, 6.07) is 12.7. The molecule has 0 saturated carbocycles. The summed E-state index contributed by atoms with van der Waals surface area (Å²) in [4.78, 5) is 9.26. The molecule has 0 amide bonds. The Morgan fingerprint density at radius 2 is 1.81 bits per heavy atom. The predicted molar refractivity (Wildman–Crippen MR) is 112 cm³/mol. The van der Waals surface area contributed by atoms with Gasteiger partial charge in [0.05, 0.1) is 11.4 Å². The monoisotopic (exact) mass is 358 g/mol. The maximum Gasteiger partial charge on any atom is 0.353 e. The van der Waals surface area contributed by atoms with Crippen LogP contribution in [0, 0.1) is 6.92 Å². The van der Waals surface area contributed by atoms with Gasteiger partial charge in [-0.3, -0.25) is 5.01 Å². The first kappa shape index (κ1) is 16.3. The van der Waals surface area contributed by atoms with Crippen LogP contribution in [0.1, 0.15) is 25.1 Å². The number of hydrogen-bond donors (Lipinski definition) is 0. The van der Waals surface area contributed by atoms with E-state index in [-0.39, 0.29) is 13.0 Å². The number of aromatic nitrogens is 1. The van der Waals surface area contributed by atoms with Gasteiger partial charge in [-0.15, -0.1) is 0 Å². The van der Waals surface area contributed by atoms with E-state index in [4.69, 9.17) is 4.42 Å². The maximum atomic E-state index is 6.23. The van der Waals surface area contributed by atoms with Gasteiger partial charge in [-0.25, -0.2) is 4.98 Å². The van der Waals surface area contributed by atoms with Crippen molar-refractivity contribution in [1.29, 1.82) is 0 Å². The van der Waals surface area contributed by atoms with E-state index in [2.05, 4.69) is 83.9 Å². The highest BCUT2D eigenvalue weighted by atomic mass is 16.3. The molecule has 1 atom stereocenters. The molecule has 2 aliphatic rings. The summed E-state index contributed by atoms with van der Waals surface area (Å²) >= 11 is 0. The Hall–Kier alpha value is -2.89. The van der Waals surface area contributed by atoms with Gasteiger partial charge in [0, 0.05) is 29.4 Å². The standard InChI is InChI=1S/C21H23BN4O/c1-13-10-11-16-17-12-14(2)26(22(4)20(17)27-21(16)23-13)25-15(3)24(5)18-8-6-7-9-19(18)25/h6-12,15H,1-5H3/t15-/m0/s1. The molecule has 5 nitrogen and oxygen atoms in total. The molecule has 5 rings (SSSR count). The Morgan fingerprint density at radius 1 is 1.07 bits per heavy atom. The lowest BCUT2D eigenvalue weighted by Crippen LogP contribution is -2.59. The van der Waals surface area contributed by atoms with Crippen molar-refractivity contribution in [1.82, 2.24) is 9.90 Å². The SMILES string of the molecule is CB1c2oc3nc(C)ccc3c2C=C(C)N1N1c2ccccc2N(C)[C@@H]1C. The van der Waals surface area contributed by atoms with Gasteiger partial charge in [0.25, 0.3) is 0 Å². The van der Waals surface area contributed by atoms with Crippen LogP contribution in [0.25, 0.3) is 17.2 Å². The Morgan fingerprint density at radius 3 is 2.59 bits per heavy atom. The molecule has 136 valence electrons. The number of hydrogen-bond acceptors (Lipinski definition) is 5. The van der Waals surface area contributed by atoms with Crippen molar-refractivity contribution >= 4 is 41.1 Å². The van der Waals surface area contributed by atoms with Crippen molar-refractivity contribution < 1.29 is 4.42 Å². The zero-order valence-electron chi connectivity index (χ0n) is 16.4. The Bertz CT molecular complexity index is 1090. The minimum Gasteiger partial charge on any atom is -0.450 e. The van der Waals surface area contributed by atoms with Crippen LogP contribution in [0.5, 0.6) is 0 Å². The largest absolute Gasteiger partial charge is 0.450 e. The molecule has 4 heterocycles. The molecule has 0 spiro atoms. The summed E-state index contributed by atoms with van der Waals surface area (Å²) in [5, 5.41) is 3.47. The molecule has 0 saturated heterocycles. The first-order valence-electron chi connectivity index (χ1n) is 9.46. The lowest BCUT2D eigenvalue weighted by atomic mass is 9.58. The van der Waals surface area contributed by atoms with E-state index >= 15 is 0 Å². The molecule has 2 aromatic heterocycles. The van der Waals surface area contributed by atoms with Gasteiger partial charge in [-0.05, 0) is 51.1 Å². The number of furan rings is 1. The maximum absolute atomic E-state index is 6.23. The third-order valence-corrected chi connectivity index (χ3v) is 5.88. The van der Waals surface area contributed by atoms with Crippen molar-refractivity contribution in [2.45, 2.75) is 33.8 Å². The zero-order valence-corrected chi connectivity index (χ0v) is 16.4. The van der Waals surface area contributed by atoms with E-state index in [0.717, 1.165) is 28.0 Å². The molecule has 0 bridgehead atoms. The van der Waals surface area contributed by atoms with Gasteiger partial charge in [0.2, 0.25) is 5.71 Å². The molecule has 0 aliphatic carbocycles. The summed E-state index contributed by atoms with van der Waals surface area (Å²) in [5.41, 5.74) is 7.51. The van der Waals surface area contributed by atoms with Gasteiger partial charge in [-0.1, -0.05) is 19.0 Å². The van der Waals surface area contributed by atoms with Crippen molar-refractivity contribution in [2.75, 3.05) is 17.0 Å². The van der Waals surface area contributed by atoms with Crippen molar-refractivity contribution in [3.8, 4) is 0 Å². The molecule has 0 fully saturated rings. The summed E-state index contributed by atoms with van der Waals surface area (Å²) < 4.78 is 6.23. The van der Waals surface area contributed by atoms with Crippen LogP contribution in [-0.4, -0.2) is 30.0 Å². The molecule has 27 heavy (non-hydrogen) atoms. The average molecular weight is 358 g/mol. The minimum atomic E-state index is 0.0847. The smallest absolute Gasteiger partial charge is 0.353 e. The number of hydrazine groups is 1. The summed E-state index contributed by atoms with van der Waals surface area (Å²) in [6.07, 6.45) is 2.45. The zero-order chi connectivity index (χ0) is 18.9. The lowest BCUT2D eigenvalue weighted by molar-refractivity contribution is 0.435. The molecule has 6 heteroatoms. The van der Waals surface area contributed by atoms with E-state index in [0.29, 0.717) is 0 Å². The van der Waals surface area contributed by atoms with Crippen LogP contribution in [0.15, 0.2) is 46.5 Å². The minimum absolute atomic E-state index is 0.0847. The highest BCUT2D eigenvalue weighted by Crippen LogP contribution is 2.41. The number of allylic oxidation sites excluding steroid dienone is 1. The summed E-state index contributed by atoms with van der Waals surface area (Å²) in [5.74, 6) is 0. The van der Waals surface area contributed by atoms with Crippen LogP contribution < -0.4 is 15.6 Å². The Labute approximate surface area is 159 Å². The first-order valence-corrected chi connectivity index (χ1v) is 9.46. The molecular formula is C21H23BN4O. The number of benzene rings is 1. The number of rotatable bonds is 1. The van der Waals surface area contributed by atoms with Crippen LogP contribution in [-0.2, 0) is 0 Å². The van der Waals surface area contributed by atoms with Gasteiger partial charge in [0.1, 0.15) is 11.8 Å². The molecule has 1 aromatic carbocycles. The predicted octanol–water partition coefficient (Wildman–Crippen LogP) is 3.86. The van der Waals surface area contributed by atoms with Gasteiger partial charge in [0.15, 0.2) is 0 Å². The van der Waals surface area contributed by atoms with E-state index < -0.39 is 0 Å². The van der Waals surface area contributed by atoms with Crippen molar-refractivity contribution in [3.63, 3.8) is 0 Å². The fourth-order valence-electron chi connectivity index (χ4n) is 4.43. The highest BCUT2D eigenvalue weighted by Gasteiger charge is 2.41. The third-order valence-electron chi connectivity index (χ3n) is 5.88. The number of aryl methyl sites for hydroxylation is 1. The number of nitrogens with zero attached hydrogens (tertiary/aromatic N) is 4. The van der Waals surface area contributed by atoms with Crippen LogP contribution in [0.3, 0.4) is 0 Å². The van der Waals surface area contributed by atoms with Crippen molar-refractivity contribution in [3.05, 3.63) is 53.4 Å². The second-order valence-corrected chi connectivity index (χ2v) is 7.57. The molecule has 2 aliphatic heterocycles. The number of anilines is 2. The second-order valence-electron chi connectivity index (χ2n) is 7.57. The average Bonchev–Trinajstić information content (AvgIpc) is 3.12. The molecule has 0 radical (unpaired) electrons. The van der Waals surface area contributed by atoms with Crippen molar-refractivity contribution in [2.24, 2.45) is 0 Å². The van der Waals surface area contributed by atoms with Gasteiger partial charge in [-0.2, -0.15) is 0 Å². The van der Waals surface area contributed by atoms with E-state index in [9.17, 15) is 0 Å². The second kappa shape index (κ2) is 5.55. The topological polar surface area (TPSA) is 35.8 Å².